The molecule has 1 aromatic carbocycles. The molecule has 2 aliphatic rings. The Morgan fingerprint density at radius 3 is 2.52 bits per heavy atom. The summed E-state index contributed by atoms with van der Waals surface area (Å²) in [6, 6.07) is 6.31. The number of ether oxygens (including phenoxy) is 1. The van der Waals surface area contributed by atoms with E-state index in [9.17, 15) is 9.59 Å². The summed E-state index contributed by atoms with van der Waals surface area (Å²) in [5.74, 6) is -0.373. The molecule has 134 valence electrons. The van der Waals surface area contributed by atoms with Gasteiger partial charge in [0, 0.05) is 16.1 Å². The lowest BCUT2D eigenvalue weighted by Gasteiger charge is -2.34. The second-order valence-corrected chi connectivity index (χ2v) is 8.11. The van der Waals surface area contributed by atoms with Crippen LogP contribution in [0.5, 0.6) is 0 Å². The van der Waals surface area contributed by atoms with Crippen molar-refractivity contribution in [2.75, 3.05) is 6.61 Å². The Balaban J connectivity index is 1.54. The van der Waals surface area contributed by atoms with E-state index in [1.807, 2.05) is 0 Å². The fraction of sp³-hybridized carbons (Fsp3) is 0.526. The molecule has 2 fully saturated rings. The molecule has 0 aromatic heterocycles. The SMILES string of the molecule is CC1(C)[C@H]2CC[C@@]1(C)/C(=N/NC(=O)COC(=O)c1ccc(Cl)cc1)C2. The average Bonchev–Trinajstić information content (AvgIpc) is 2.91. The minimum atomic E-state index is -0.563. The number of rotatable bonds is 4. The van der Waals surface area contributed by atoms with E-state index in [1.165, 1.54) is 6.42 Å². The van der Waals surface area contributed by atoms with Gasteiger partial charge in [-0.1, -0.05) is 32.4 Å². The van der Waals surface area contributed by atoms with Gasteiger partial charge < -0.3 is 4.74 Å². The topological polar surface area (TPSA) is 67.8 Å². The first-order valence-corrected chi connectivity index (χ1v) is 8.90. The monoisotopic (exact) mass is 362 g/mol. The normalized spacial score (nSPS) is 28.2. The lowest BCUT2D eigenvalue weighted by molar-refractivity contribution is -0.124. The van der Waals surface area contributed by atoms with Crippen molar-refractivity contribution in [3.8, 4) is 0 Å². The van der Waals surface area contributed by atoms with E-state index in [4.69, 9.17) is 16.3 Å². The van der Waals surface area contributed by atoms with E-state index >= 15 is 0 Å². The van der Waals surface area contributed by atoms with Crippen molar-refractivity contribution in [1.29, 1.82) is 0 Å². The highest BCUT2D eigenvalue weighted by Crippen LogP contribution is 2.63. The van der Waals surface area contributed by atoms with Gasteiger partial charge in [0.1, 0.15) is 0 Å². The predicted octanol–water partition coefficient (Wildman–Crippen LogP) is 3.82. The summed E-state index contributed by atoms with van der Waals surface area (Å²) in [7, 11) is 0. The van der Waals surface area contributed by atoms with Crippen LogP contribution in [-0.2, 0) is 9.53 Å². The quantitative estimate of drug-likeness (QED) is 0.654. The van der Waals surface area contributed by atoms with E-state index in [1.54, 1.807) is 24.3 Å². The lowest BCUT2D eigenvalue weighted by Crippen LogP contribution is -2.34. The third kappa shape index (κ3) is 3.17. The second kappa shape index (κ2) is 6.45. The van der Waals surface area contributed by atoms with Crippen molar-refractivity contribution in [2.24, 2.45) is 21.8 Å². The summed E-state index contributed by atoms with van der Waals surface area (Å²) in [6.07, 6.45) is 3.24. The number of amides is 1. The zero-order valence-electron chi connectivity index (χ0n) is 14.8. The maximum absolute atomic E-state index is 11.9. The minimum Gasteiger partial charge on any atom is -0.452 e. The molecule has 0 unspecified atom stereocenters. The number of nitrogens with zero attached hydrogens (tertiary/aromatic N) is 1. The van der Waals surface area contributed by atoms with Crippen molar-refractivity contribution in [3.63, 3.8) is 0 Å². The molecule has 2 atom stereocenters. The summed E-state index contributed by atoms with van der Waals surface area (Å²) in [6.45, 7) is 6.43. The number of carbonyl (C=O) groups is 2. The van der Waals surface area contributed by atoms with Gasteiger partial charge >= 0.3 is 5.97 Å². The van der Waals surface area contributed by atoms with Gasteiger partial charge in [0.15, 0.2) is 6.61 Å². The number of esters is 1. The number of hydrogen-bond acceptors (Lipinski definition) is 4. The van der Waals surface area contributed by atoms with Crippen LogP contribution in [0.1, 0.15) is 50.4 Å². The number of halogens is 1. The van der Waals surface area contributed by atoms with Crippen molar-refractivity contribution >= 4 is 29.2 Å². The molecular weight excluding hydrogens is 340 g/mol. The zero-order valence-corrected chi connectivity index (χ0v) is 15.5. The molecule has 1 aromatic rings. The molecule has 2 bridgehead atoms. The second-order valence-electron chi connectivity index (χ2n) is 7.67. The largest absolute Gasteiger partial charge is 0.452 e. The van der Waals surface area contributed by atoms with Crippen LogP contribution in [-0.4, -0.2) is 24.2 Å². The summed E-state index contributed by atoms with van der Waals surface area (Å²) in [4.78, 5) is 23.8. The summed E-state index contributed by atoms with van der Waals surface area (Å²) in [5, 5.41) is 4.88. The molecule has 0 spiro atoms. The van der Waals surface area contributed by atoms with Crippen LogP contribution < -0.4 is 5.43 Å². The fourth-order valence-corrected chi connectivity index (χ4v) is 4.19. The Kier molecular flexibility index (Phi) is 4.62. The Hall–Kier alpha value is -1.88. The highest BCUT2D eigenvalue weighted by molar-refractivity contribution is 6.30. The van der Waals surface area contributed by atoms with E-state index in [0.29, 0.717) is 16.5 Å². The Morgan fingerprint density at radius 2 is 1.96 bits per heavy atom. The number of hydrazone groups is 1. The molecule has 6 heteroatoms. The number of hydrogen-bond donors (Lipinski definition) is 1. The molecule has 0 heterocycles. The summed E-state index contributed by atoms with van der Waals surface area (Å²) >= 11 is 5.77. The average molecular weight is 363 g/mol. The van der Waals surface area contributed by atoms with Gasteiger partial charge in [-0.15, -0.1) is 0 Å². The van der Waals surface area contributed by atoms with Gasteiger partial charge in [0.25, 0.3) is 5.91 Å². The number of carbonyl (C=O) groups excluding carboxylic acids is 2. The molecule has 1 amide bonds. The first kappa shape index (κ1) is 17.9. The van der Waals surface area contributed by atoms with Crippen LogP contribution in [0.4, 0.5) is 0 Å². The maximum atomic E-state index is 11.9. The standard InChI is InChI=1S/C19H23ClN2O3/c1-18(2)13-8-9-19(18,3)15(10-13)21-22-16(23)11-25-17(24)12-4-6-14(20)7-5-12/h4-7,13H,8-11H2,1-3H3,(H,22,23)/b21-15+/t13-,19-/m0/s1. The van der Waals surface area contributed by atoms with Crippen LogP contribution in [0.2, 0.25) is 5.02 Å². The Labute approximate surface area is 152 Å². The van der Waals surface area contributed by atoms with Gasteiger partial charge in [0.2, 0.25) is 0 Å². The molecule has 0 aliphatic heterocycles. The van der Waals surface area contributed by atoms with Crippen molar-refractivity contribution in [1.82, 2.24) is 5.43 Å². The zero-order chi connectivity index (χ0) is 18.2. The van der Waals surface area contributed by atoms with Crippen LogP contribution in [0.25, 0.3) is 0 Å². The highest BCUT2D eigenvalue weighted by atomic mass is 35.5. The van der Waals surface area contributed by atoms with Crippen LogP contribution >= 0.6 is 11.6 Å². The van der Waals surface area contributed by atoms with Crippen LogP contribution in [0.15, 0.2) is 29.4 Å². The number of benzene rings is 1. The molecule has 3 rings (SSSR count). The molecule has 2 saturated carbocycles. The predicted molar refractivity (Wildman–Crippen MR) is 96.5 cm³/mol. The van der Waals surface area contributed by atoms with Crippen LogP contribution in [0.3, 0.4) is 0 Å². The molecule has 0 radical (unpaired) electrons. The van der Waals surface area contributed by atoms with E-state index in [0.717, 1.165) is 18.6 Å². The van der Waals surface area contributed by atoms with Gasteiger partial charge in [0.05, 0.1) is 5.56 Å². The molecule has 0 saturated heterocycles. The first-order chi connectivity index (χ1) is 11.7. The lowest BCUT2D eigenvalue weighted by atomic mass is 9.70. The van der Waals surface area contributed by atoms with E-state index in [-0.39, 0.29) is 17.4 Å². The number of nitrogens with one attached hydrogen (secondary N) is 1. The van der Waals surface area contributed by atoms with Gasteiger partial charge in [-0.05, 0) is 54.9 Å². The van der Waals surface area contributed by atoms with Crippen molar-refractivity contribution < 1.29 is 14.3 Å². The first-order valence-electron chi connectivity index (χ1n) is 8.52. The minimum absolute atomic E-state index is 0.0327. The fourth-order valence-electron chi connectivity index (χ4n) is 4.06. The third-order valence-electron chi connectivity index (χ3n) is 6.24. The summed E-state index contributed by atoms with van der Waals surface area (Å²) < 4.78 is 5.01. The molecule has 1 N–H and O–H groups in total. The van der Waals surface area contributed by atoms with Gasteiger partial charge in [-0.2, -0.15) is 5.10 Å². The van der Waals surface area contributed by atoms with Gasteiger partial charge in [-0.25, -0.2) is 10.2 Å². The van der Waals surface area contributed by atoms with Crippen molar-refractivity contribution in [2.45, 2.75) is 40.0 Å². The molecule has 25 heavy (non-hydrogen) atoms. The van der Waals surface area contributed by atoms with Crippen molar-refractivity contribution in [3.05, 3.63) is 34.9 Å². The summed E-state index contributed by atoms with van der Waals surface area (Å²) in [5.41, 5.74) is 4.18. The maximum Gasteiger partial charge on any atom is 0.338 e. The smallest absolute Gasteiger partial charge is 0.338 e. The van der Waals surface area contributed by atoms with E-state index in [2.05, 4.69) is 31.3 Å². The molecule has 2 aliphatic carbocycles. The third-order valence-corrected chi connectivity index (χ3v) is 6.49. The van der Waals surface area contributed by atoms with Gasteiger partial charge in [-0.3, -0.25) is 4.79 Å². The van der Waals surface area contributed by atoms with E-state index < -0.39 is 11.9 Å². The highest BCUT2D eigenvalue weighted by Gasteiger charge is 2.59. The Morgan fingerprint density at radius 1 is 1.28 bits per heavy atom. The Bertz CT molecular complexity index is 727. The van der Waals surface area contributed by atoms with Crippen LogP contribution in [0, 0.1) is 16.7 Å². The molecule has 5 nitrogen and oxygen atoms in total. The molecular formula is C19H23ClN2O3. The number of fused-ring (bicyclic) bond motifs is 2.